The van der Waals surface area contributed by atoms with E-state index in [0.717, 1.165) is 25.9 Å². The minimum atomic E-state index is -0.273. The second-order valence-corrected chi connectivity index (χ2v) is 8.51. The molecule has 1 aliphatic heterocycles. The molecule has 1 heterocycles. The third kappa shape index (κ3) is 6.20. The van der Waals surface area contributed by atoms with Crippen LogP contribution in [0, 0.1) is 18.3 Å². The van der Waals surface area contributed by atoms with E-state index in [1.165, 1.54) is 21.4 Å². The van der Waals surface area contributed by atoms with E-state index in [0.29, 0.717) is 19.1 Å². The molecule has 3 rings (SSSR count). The van der Waals surface area contributed by atoms with Crippen LogP contribution in [0.25, 0.3) is 10.8 Å². The molecule has 0 radical (unpaired) electrons. The van der Waals surface area contributed by atoms with Crippen molar-refractivity contribution < 1.29 is 10.0 Å². The van der Waals surface area contributed by atoms with Crippen LogP contribution in [0.5, 0.6) is 0 Å². The molecule has 3 N–H and O–H groups in total. The Morgan fingerprint density at radius 1 is 1.19 bits per heavy atom. The fourth-order valence-corrected chi connectivity index (χ4v) is 4.38. The Balaban J connectivity index is 1.47. The summed E-state index contributed by atoms with van der Waals surface area (Å²) < 4.78 is 0. The quantitative estimate of drug-likeness (QED) is 0.449. The summed E-state index contributed by atoms with van der Waals surface area (Å²) >= 11 is 0. The van der Waals surface area contributed by atoms with E-state index in [-0.39, 0.29) is 24.5 Å². The van der Waals surface area contributed by atoms with Crippen LogP contribution >= 0.6 is 0 Å². The smallest absolute Gasteiger partial charge is 0.315 e. The van der Waals surface area contributed by atoms with E-state index in [1.807, 2.05) is 6.92 Å². The number of hydrogen-bond donors (Lipinski definition) is 3. The summed E-state index contributed by atoms with van der Waals surface area (Å²) in [5, 5.41) is 20.0. The van der Waals surface area contributed by atoms with Gasteiger partial charge in [0.2, 0.25) is 0 Å². The summed E-state index contributed by atoms with van der Waals surface area (Å²) in [4.78, 5) is 14.1. The van der Waals surface area contributed by atoms with Gasteiger partial charge in [0.25, 0.3) is 0 Å². The molecule has 31 heavy (non-hydrogen) atoms. The number of carbonyl (C=O) groups excluding carboxylic acids is 1. The molecule has 0 aliphatic carbocycles. The van der Waals surface area contributed by atoms with Gasteiger partial charge in [0.1, 0.15) is 0 Å². The van der Waals surface area contributed by atoms with Gasteiger partial charge in [0.15, 0.2) is 0 Å². The van der Waals surface area contributed by atoms with Crippen LogP contribution in [-0.4, -0.2) is 60.0 Å². The number of hydroxylamine groups is 2. The van der Waals surface area contributed by atoms with Crippen LogP contribution in [0.1, 0.15) is 38.3 Å². The van der Waals surface area contributed by atoms with Crippen molar-refractivity contribution in [2.75, 3.05) is 32.7 Å². The molecule has 2 aromatic carbocycles. The lowest BCUT2D eigenvalue weighted by Gasteiger charge is -2.39. The van der Waals surface area contributed by atoms with Gasteiger partial charge in [0.05, 0.1) is 6.54 Å². The molecule has 0 saturated carbocycles. The number of urea groups is 1. The highest BCUT2D eigenvalue weighted by atomic mass is 16.5. The SMILES string of the molecule is C#CCNC(=O)NCC(C)CN(O)C1CCN(C(C)c2cccc3ccccc23)CC1. The molecule has 2 unspecified atom stereocenters. The van der Waals surface area contributed by atoms with Gasteiger partial charge in [0, 0.05) is 38.3 Å². The Bertz CT molecular complexity index is 897. The van der Waals surface area contributed by atoms with E-state index in [1.54, 1.807) is 0 Å². The number of fused-ring (bicyclic) bond motifs is 1. The van der Waals surface area contributed by atoms with E-state index < -0.39 is 0 Å². The van der Waals surface area contributed by atoms with Gasteiger partial charge >= 0.3 is 6.03 Å². The predicted octanol–water partition coefficient (Wildman–Crippen LogP) is 3.62. The third-order valence-corrected chi connectivity index (χ3v) is 6.20. The van der Waals surface area contributed by atoms with Gasteiger partial charge < -0.3 is 15.8 Å². The average Bonchev–Trinajstić information content (AvgIpc) is 2.80. The zero-order chi connectivity index (χ0) is 22.2. The number of hydrogen-bond acceptors (Lipinski definition) is 4. The fraction of sp³-hybridized carbons (Fsp3) is 0.480. The van der Waals surface area contributed by atoms with Crippen LogP contribution in [0.4, 0.5) is 4.79 Å². The molecule has 1 saturated heterocycles. The first-order valence-electron chi connectivity index (χ1n) is 11.1. The molecule has 6 nitrogen and oxygen atoms in total. The van der Waals surface area contributed by atoms with Crippen LogP contribution in [0.3, 0.4) is 0 Å². The van der Waals surface area contributed by atoms with Crippen molar-refractivity contribution in [3.05, 3.63) is 48.0 Å². The Hall–Kier alpha value is -2.59. The highest BCUT2D eigenvalue weighted by Crippen LogP contribution is 2.30. The van der Waals surface area contributed by atoms with E-state index >= 15 is 0 Å². The highest BCUT2D eigenvalue weighted by molar-refractivity contribution is 5.86. The number of nitrogens with one attached hydrogen (secondary N) is 2. The number of nitrogens with zero attached hydrogens (tertiary/aromatic N) is 2. The lowest BCUT2D eigenvalue weighted by Crippen LogP contribution is -2.46. The van der Waals surface area contributed by atoms with Crippen molar-refractivity contribution >= 4 is 16.8 Å². The molecule has 2 amide bonds. The molecular formula is C25H34N4O2. The van der Waals surface area contributed by atoms with Gasteiger partial charge in [-0.1, -0.05) is 55.3 Å². The van der Waals surface area contributed by atoms with Crippen LogP contribution in [-0.2, 0) is 0 Å². The molecule has 1 fully saturated rings. The molecule has 0 aromatic heterocycles. The van der Waals surface area contributed by atoms with Crippen molar-refractivity contribution in [3.63, 3.8) is 0 Å². The van der Waals surface area contributed by atoms with Crippen LogP contribution in [0.15, 0.2) is 42.5 Å². The normalized spacial score (nSPS) is 17.3. The van der Waals surface area contributed by atoms with Gasteiger partial charge in [-0.15, -0.1) is 6.42 Å². The van der Waals surface area contributed by atoms with Crippen LogP contribution in [0.2, 0.25) is 0 Å². The monoisotopic (exact) mass is 422 g/mol. The summed E-state index contributed by atoms with van der Waals surface area (Å²) in [7, 11) is 0. The minimum absolute atomic E-state index is 0.134. The predicted molar refractivity (Wildman–Crippen MR) is 125 cm³/mol. The van der Waals surface area contributed by atoms with Gasteiger partial charge in [-0.3, -0.25) is 4.90 Å². The summed E-state index contributed by atoms with van der Waals surface area (Å²) in [6.07, 6.45) is 6.98. The summed E-state index contributed by atoms with van der Waals surface area (Å²) in [6.45, 7) is 7.42. The fourth-order valence-electron chi connectivity index (χ4n) is 4.38. The average molecular weight is 423 g/mol. The maximum atomic E-state index is 11.6. The molecular weight excluding hydrogens is 388 g/mol. The highest BCUT2D eigenvalue weighted by Gasteiger charge is 2.28. The molecule has 0 bridgehead atoms. The second kappa shape index (κ2) is 11.1. The Morgan fingerprint density at radius 2 is 1.90 bits per heavy atom. The number of benzene rings is 2. The van der Waals surface area contributed by atoms with E-state index in [2.05, 4.69) is 70.8 Å². The third-order valence-electron chi connectivity index (χ3n) is 6.20. The first kappa shape index (κ1) is 23.1. The zero-order valence-electron chi connectivity index (χ0n) is 18.6. The van der Waals surface area contributed by atoms with Crippen molar-refractivity contribution in [1.82, 2.24) is 20.6 Å². The maximum Gasteiger partial charge on any atom is 0.315 e. The van der Waals surface area contributed by atoms with Crippen molar-refractivity contribution in [2.24, 2.45) is 5.92 Å². The first-order chi connectivity index (χ1) is 15.0. The lowest BCUT2D eigenvalue weighted by atomic mass is 9.96. The first-order valence-corrected chi connectivity index (χ1v) is 11.1. The van der Waals surface area contributed by atoms with Crippen molar-refractivity contribution in [2.45, 2.75) is 38.8 Å². The Labute approximate surface area is 185 Å². The molecule has 1 aliphatic rings. The molecule has 6 heteroatoms. The zero-order valence-corrected chi connectivity index (χ0v) is 18.6. The largest absolute Gasteiger partial charge is 0.338 e. The van der Waals surface area contributed by atoms with Gasteiger partial charge in [-0.25, -0.2) is 4.79 Å². The lowest BCUT2D eigenvalue weighted by molar-refractivity contribution is -0.147. The summed E-state index contributed by atoms with van der Waals surface area (Å²) in [5.41, 5.74) is 1.36. The van der Waals surface area contributed by atoms with Crippen molar-refractivity contribution in [3.8, 4) is 12.3 Å². The summed E-state index contributed by atoms with van der Waals surface area (Å²) in [6, 6.07) is 15.3. The van der Waals surface area contributed by atoms with Crippen LogP contribution < -0.4 is 10.6 Å². The Morgan fingerprint density at radius 3 is 2.65 bits per heavy atom. The molecule has 166 valence electrons. The number of terminal acetylenes is 1. The molecule has 2 aromatic rings. The number of carbonyl (C=O) groups is 1. The number of piperidine rings is 1. The topological polar surface area (TPSA) is 67.8 Å². The molecule has 2 atom stereocenters. The number of amides is 2. The second-order valence-electron chi connectivity index (χ2n) is 8.51. The minimum Gasteiger partial charge on any atom is -0.338 e. The standard InChI is InChI=1S/C25H34N4O2/c1-4-14-26-25(30)27-17-19(2)18-29(31)22-12-15-28(16-13-22)20(3)23-11-7-9-21-8-5-6-10-24(21)23/h1,5-11,19-20,22,31H,12-18H2,2-3H3,(H2,26,27,30). The van der Waals surface area contributed by atoms with Gasteiger partial charge in [-0.05, 0) is 42.0 Å². The Kier molecular flexibility index (Phi) is 8.30. The summed E-state index contributed by atoms with van der Waals surface area (Å²) in [5.74, 6) is 2.50. The molecule has 0 spiro atoms. The van der Waals surface area contributed by atoms with E-state index in [4.69, 9.17) is 6.42 Å². The maximum absolute atomic E-state index is 11.6. The van der Waals surface area contributed by atoms with Crippen molar-refractivity contribution in [1.29, 1.82) is 0 Å². The number of likely N-dealkylation sites (tertiary alicyclic amines) is 1. The number of rotatable bonds is 8. The van der Waals surface area contributed by atoms with E-state index in [9.17, 15) is 10.0 Å². The van der Waals surface area contributed by atoms with Gasteiger partial charge in [-0.2, -0.15) is 5.06 Å².